The molecule has 0 amide bonds. The average Bonchev–Trinajstić information content (AvgIpc) is 2.89. The molecular weight excluding hydrogens is 274 g/mol. The molecule has 0 bridgehead atoms. The topological polar surface area (TPSA) is 64.9 Å². The van der Waals surface area contributed by atoms with E-state index in [2.05, 4.69) is 10.1 Å². The summed E-state index contributed by atoms with van der Waals surface area (Å²) in [4.78, 5) is 4.41. The molecule has 4 nitrogen and oxygen atoms in total. The predicted octanol–water partition coefficient (Wildman–Crippen LogP) is 3.95. The Morgan fingerprint density at radius 2 is 1.85 bits per heavy atom. The first-order valence-corrected chi connectivity index (χ1v) is 6.47. The van der Waals surface area contributed by atoms with E-state index in [4.69, 9.17) is 21.9 Å². The monoisotopic (exact) mass is 285 g/mol. The first-order chi connectivity index (χ1) is 9.63. The zero-order valence-electron chi connectivity index (χ0n) is 10.8. The van der Waals surface area contributed by atoms with Gasteiger partial charge in [-0.05, 0) is 55.0 Å². The van der Waals surface area contributed by atoms with Gasteiger partial charge in [-0.1, -0.05) is 16.8 Å². The van der Waals surface area contributed by atoms with Crippen molar-refractivity contribution in [2.45, 2.75) is 6.92 Å². The zero-order chi connectivity index (χ0) is 14.1. The molecule has 2 aromatic carbocycles. The minimum atomic E-state index is 0.478. The molecule has 1 heterocycles. The Morgan fingerprint density at radius 3 is 2.55 bits per heavy atom. The van der Waals surface area contributed by atoms with Gasteiger partial charge in [0.2, 0.25) is 5.82 Å². The van der Waals surface area contributed by atoms with Crippen molar-refractivity contribution >= 4 is 17.3 Å². The summed E-state index contributed by atoms with van der Waals surface area (Å²) in [7, 11) is 0. The van der Waals surface area contributed by atoms with E-state index in [0.717, 1.165) is 16.7 Å². The van der Waals surface area contributed by atoms with E-state index in [0.29, 0.717) is 22.4 Å². The molecule has 5 heteroatoms. The Kier molecular flexibility index (Phi) is 3.16. The highest BCUT2D eigenvalue weighted by atomic mass is 35.5. The maximum absolute atomic E-state index is 5.94. The number of nitrogen functional groups attached to an aromatic ring is 1. The fraction of sp³-hybridized carbons (Fsp3) is 0.0667. The summed E-state index contributed by atoms with van der Waals surface area (Å²) in [5, 5.41) is 4.68. The van der Waals surface area contributed by atoms with E-state index >= 15 is 0 Å². The van der Waals surface area contributed by atoms with Crippen LogP contribution in [0.15, 0.2) is 47.0 Å². The largest absolute Gasteiger partial charge is 0.399 e. The number of aromatic nitrogens is 2. The third kappa shape index (κ3) is 2.38. The van der Waals surface area contributed by atoms with Crippen LogP contribution in [-0.4, -0.2) is 10.1 Å². The van der Waals surface area contributed by atoms with Gasteiger partial charge in [-0.2, -0.15) is 4.98 Å². The fourth-order valence-corrected chi connectivity index (χ4v) is 2.18. The van der Waals surface area contributed by atoms with Gasteiger partial charge >= 0.3 is 0 Å². The van der Waals surface area contributed by atoms with Gasteiger partial charge < -0.3 is 10.3 Å². The summed E-state index contributed by atoms with van der Waals surface area (Å²) >= 11 is 5.94. The molecule has 0 aliphatic carbocycles. The van der Waals surface area contributed by atoms with Crippen LogP contribution < -0.4 is 5.73 Å². The number of halogens is 1. The molecule has 20 heavy (non-hydrogen) atoms. The number of rotatable bonds is 2. The van der Waals surface area contributed by atoms with E-state index < -0.39 is 0 Å². The van der Waals surface area contributed by atoms with Gasteiger partial charge in [0, 0.05) is 21.8 Å². The van der Waals surface area contributed by atoms with Gasteiger partial charge in [0.15, 0.2) is 0 Å². The van der Waals surface area contributed by atoms with Crippen LogP contribution in [0.3, 0.4) is 0 Å². The van der Waals surface area contributed by atoms with Crippen molar-refractivity contribution in [3.63, 3.8) is 0 Å². The van der Waals surface area contributed by atoms with E-state index in [9.17, 15) is 0 Å². The highest BCUT2D eigenvalue weighted by Gasteiger charge is 2.12. The van der Waals surface area contributed by atoms with E-state index in [1.165, 1.54) is 0 Å². The van der Waals surface area contributed by atoms with Gasteiger partial charge in [0.05, 0.1) is 0 Å². The third-order valence-corrected chi connectivity index (χ3v) is 3.25. The lowest BCUT2D eigenvalue weighted by Crippen LogP contribution is -1.86. The summed E-state index contributed by atoms with van der Waals surface area (Å²) in [6.45, 7) is 1.95. The Labute approximate surface area is 121 Å². The summed E-state index contributed by atoms with van der Waals surface area (Å²) in [6, 6.07) is 12.9. The standard InChI is InChI=1S/C15H12ClN3O/c1-9-8-11(16)4-7-13(9)15-18-14(19-20-15)10-2-5-12(17)6-3-10/h2-8H,17H2,1H3. The molecule has 0 saturated heterocycles. The summed E-state index contributed by atoms with van der Waals surface area (Å²) < 4.78 is 5.32. The second kappa shape index (κ2) is 4.98. The van der Waals surface area contributed by atoms with Gasteiger partial charge in [0.1, 0.15) is 0 Å². The maximum atomic E-state index is 5.94. The van der Waals surface area contributed by atoms with Gasteiger partial charge in [0.25, 0.3) is 5.89 Å². The van der Waals surface area contributed by atoms with Gasteiger partial charge in [-0.3, -0.25) is 0 Å². The quantitative estimate of drug-likeness (QED) is 0.724. The number of aryl methyl sites for hydroxylation is 1. The SMILES string of the molecule is Cc1cc(Cl)ccc1-c1nc(-c2ccc(N)cc2)no1. The Balaban J connectivity index is 1.99. The second-order valence-corrected chi connectivity index (χ2v) is 4.94. The summed E-state index contributed by atoms with van der Waals surface area (Å²) in [5.41, 5.74) is 9.09. The van der Waals surface area contributed by atoms with Crippen LogP contribution in [-0.2, 0) is 0 Å². The number of hydrogen-bond acceptors (Lipinski definition) is 4. The lowest BCUT2D eigenvalue weighted by Gasteiger charge is -2.00. The smallest absolute Gasteiger partial charge is 0.258 e. The lowest BCUT2D eigenvalue weighted by molar-refractivity contribution is 0.432. The molecule has 1 aromatic heterocycles. The molecule has 0 aliphatic heterocycles. The molecule has 3 aromatic rings. The molecule has 3 rings (SSSR count). The van der Waals surface area contributed by atoms with Crippen molar-refractivity contribution < 1.29 is 4.52 Å². The molecule has 0 aliphatic rings. The van der Waals surface area contributed by atoms with Crippen LogP contribution >= 0.6 is 11.6 Å². The number of nitrogens with two attached hydrogens (primary N) is 1. The van der Waals surface area contributed by atoms with Crippen LogP contribution in [0, 0.1) is 6.92 Å². The lowest BCUT2D eigenvalue weighted by atomic mass is 10.1. The molecule has 2 N–H and O–H groups in total. The molecule has 0 unspecified atom stereocenters. The highest BCUT2D eigenvalue weighted by molar-refractivity contribution is 6.30. The minimum absolute atomic E-state index is 0.478. The molecular formula is C15H12ClN3O. The number of nitrogens with zero attached hydrogens (tertiary/aromatic N) is 2. The summed E-state index contributed by atoms with van der Waals surface area (Å²) in [5.74, 6) is 1.01. The molecule has 0 saturated carbocycles. The minimum Gasteiger partial charge on any atom is -0.399 e. The van der Waals surface area contributed by atoms with Crippen LogP contribution in [0.1, 0.15) is 5.56 Å². The van der Waals surface area contributed by atoms with Crippen LogP contribution in [0.2, 0.25) is 5.02 Å². The summed E-state index contributed by atoms with van der Waals surface area (Å²) in [6.07, 6.45) is 0. The number of hydrogen-bond donors (Lipinski definition) is 1. The molecule has 0 fully saturated rings. The van der Waals surface area contributed by atoms with Crippen LogP contribution in [0.5, 0.6) is 0 Å². The Bertz CT molecular complexity index is 750. The van der Waals surface area contributed by atoms with Crippen molar-refractivity contribution in [3.05, 3.63) is 53.1 Å². The van der Waals surface area contributed by atoms with Crippen LogP contribution in [0.4, 0.5) is 5.69 Å². The van der Waals surface area contributed by atoms with Crippen LogP contribution in [0.25, 0.3) is 22.8 Å². The normalized spacial score (nSPS) is 10.7. The molecule has 100 valence electrons. The first-order valence-electron chi connectivity index (χ1n) is 6.09. The molecule has 0 atom stereocenters. The van der Waals surface area contributed by atoms with E-state index in [-0.39, 0.29) is 0 Å². The van der Waals surface area contributed by atoms with Gasteiger partial charge in [-0.25, -0.2) is 0 Å². The first kappa shape index (κ1) is 12.7. The van der Waals surface area contributed by atoms with E-state index in [1.807, 2.05) is 31.2 Å². The number of anilines is 1. The second-order valence-electron chi connectivity index (χ2n) is 4.50. The Morgan fingerprint density at radius 1 is 1.10 bits per heavy atom. The number of benzene rings is 2. The molecule has 0 spiro atoms. The molecule has 0 radical (unpaired) electrons. The van der Waals surface area contributed by atoms with Crippen molar-refractivity contribution in [1.82, 2.24) is 10.1 Å². The third-order valence-electron chi connectivity index (χ3n) is 3.01. The zero-order valence-corrected chi connectivity index (χ0v) is 11.6. The van der Waals surface area contributed by atoms with Crippen molar-refractivity contribution in [1.29, 1.82) is 0 Å². The van der Waals surface area contributed by atoms with E-state index in [1.54, 1.807) is 18.2 Å². The Hall–Kier alpha value is -2.33. The van der Waals surface area contributed by atoms with Crippen molar-refractivity contribution in [2.24, 2.45) is 0 Å². The van der Waals surface area contributed by atoms with Crippen molar-refractivity contribution in [2.75, 3.05) is 5.73 Å². The highest BCUT2D eigenvalue weighted by Crippen LogP contribution is 2.27. The fourth-order valence-electron chi connectivity index (χ4n) is 1.95. The maximum Gasteiger partial charge on any atom is 0.258 e. The average molecular weight is 286 g/mol. The predicted molar refractivity (Wildman–Crippen MR) is 79.3 cm³/mol. The van der Waals surface area contributed by atoms with Crippen molar-refractivity contribution in [3.8, 4) is 22.8 Å². The van der Waals surface area contributed by atoms with Gasteiger partial charge in [-0.15, -0.1) is 0 Å².